The van der Waals surface area contributed by atoms with Gasteiger partial charge in [0.1, 0.15) is 0 Å². The first-order chi connectivity index (χ1) is 6.73. The molecule has 92 valence electrons. The molecule has 0 heterocycles. The monoisotopic (exact) mass is 239 g/mol. The van der Waals surface area contributed by atoms with Crippen molar-refractivity contribution < 1.29 is 13.2 Å². The van der Waals surface area contributed by atoms with Crippen molar-refractivity contribution >= 4 is 17.3 Å². The number of carbonyl (C=O) groups is 1. The second-order valence-electron chi connectivity index (χ2n) is 3.27. The summed E-state index contributed by atoms with van der Waals surface area (Å²) in [6.07, 6.45) is 0. The molecule has 0 aliphatic rings. The van der Waals surface area contributed by atoms with Gasteiger partial charge in [-0.3, -0.25) is 4.18 Å². The van der Waals surface area contributed by atoms with Crippen molar-refractivity contribution in [2.45, 2.75) is 0 Å². The molecular weight excluding hydrogens is 218 g/mol. The van der Waals surface area contributed by atoms with Gasteiger partial charge < -0.3 is 9.80 Å². The molecule has 15 heavy (non-hydrogen) atoms. The van der Waals surface area contributed by atoms with Crippen LogP contribution >= 0.6 is 0 Å². The van der Waals surface area contributed by atoms with Gasteiger partial charge in [0.15, 0.2) is 0 Å². The van der Waals surface area contributed by atoms with Gasteiger partial charge in [-0.25, -0.2) is 13.3 Å². The Bertz CT molecular complexity index is 197. The summed E-state index contributed by atoms with van der Waals surface area (Å²) < 4.78 is 16.2. The summed E-state index contributed by atoms with van der Waals surface area (Å²) in [6.45, 7) is 0. The zero-order chi connectivity index (χ0) is 12.6. The van der Waals surface area contributed by atoms with E-state index in [-0.39, 0.29) is 6.03 Å². The van der Waals surface area contributed by atoms with Gasteiger partial charge in [-0.05, 0) is 0 Å². The van der Waals surface area contributed by atoms with Crippen LogP contribution in [0.25, 0.3) is 0 Å². The van der Waals surface area contributed by atoms with E-state index in [0.29, 0.717) is 0 Å². The molecule has 6 nitrogen and oxygen atoms in total. The van der Waals surface area contributed by atoms with Gasteiger partial charge in [-0.2, -0.15) is 0 Å². The molecule has 0 aliphatic carbocycles. The highest BCUT2D eigenvalue weighted by Gasteiger charge is 2.02. The average molecular weight is 239 g/mol. The molecule has 0 spiro atoms. The first-order valence-electron chi connectivity index (χ1n) is 4.26. The third-order valence-corrected chi connectivity index (χ3v) is 2.09. The molecule has 0 bridgehead atoms. The highest BCUT2D eigenvalue weighted by molar-refractivity contribution is 7.77. The lowest BCUT2D eigenvalue weighted by molar-refractivity contribution is 0.191. The van der Waals surface area contributed by atoms with Crippen LogP contribution in [-0.2, 0) is 15.4 Å². The van der Waals surface area contributed by atoms with Gasteiger partial charge in [0.25, 0.3) is 0 Å². The van der Waals surface area contributed by atoms with Crippen molar-refractivity contribution in [3.05, 3.63) is 0 Å². The van der Waals surface area contributed by atoms with E-state index in [4.69, 9.17) is 0 Å². The Morgan fingerprint density at radius 1 is 1.00 bits per heavy atom. The van der Waals surface area contributed by atoms with Crippen molar-refractivity contribution in [1.82, 2.24) is 14.1 Å². The van der Waals surface area contributed by atoms with Crippen LogP contribution in [0.2, 0.25) is 0 Å². The summed E-state index contributed by atoms with van der Waals surface area (Å²) in [7, 11) is 11.7. The Kier molecular flexibility index (Phi) is 9.64. The van der Waals surface area contributed by atoms with Crippen molar-refractivity contribution in [3.8, 4) is 0 Å². The van der Waals surface area contributed by atoms with Gasteiger partial charge in [0.05, 0.1) is 7.11 Å². The minimum absolute atomic E-state index is 0.0185. The molecule has 1 atom stereocenters. The number of nitrogens with zero attached hydrogens (tertiary/aromatic N) is 3. The van der Waals surface area contributed by atoms with Crippen molar-refractivity contribution in [3.63, 3.8) is 0 Å². The molecule has 0 rings (SSSR count). The van der Waals surface area contributed by atoms with Crippen molar-refractivity contribution in [2.24, 2.45) is 0 Å². The van der Waals surface area contributed by atoms with Crippen LogP contribution in [0.15, 0.2) is 0 Å². The number of rotatable bonds is 2. The second-order valence-corrected chi connectivity index (χ2v) is 4.77. The van der Waals surface area contributed by atoms with Gasteiger partial charge in [0, 0.05) is 42.3 Å². The second kappa shape index (κ2) is 8.63. The Morgan fingerprint density at radius 2 is 1.33 bits per heavy atom. The molecule has 0 aliphatic heterocycles. The van der Waals surface area contributed by atoms with Gasteiger partial charge in [0.2, 0.25) is 11.3 Å². The van der Waals surface area contributed by atoms with Crippen LogP contribution < -0.4 is 0 Å². The van der Waals surface area contributed by atoms with Crippen LogP contribution in [0.3, 0.4) is 0 Å². The highest BCUT2D eigenvalue weighted by atomic mass is 32.2. The van der Waals surface area contributed by atoms with E-state index in [1.807, 2.05) is 0 Å². The molecule has 7 heteroatoms. The summed E-state index contributed by atoms with van der Waals surface area (Å²) in [5.74, 6) is 0. The van der Waals surface area contributed by atoms with Crippen LogP contribution in [0, 0.1) is 0 Å². The third-order valence-electron chi connectivity index (χ3n) is 1.21. The Morgan fingerprint density at radius 3 is 1.33 bits per heavy atom. The van der Waals surface area contributed by atoms with Gasteiger partial charge in [-0.1, -0.05) is 0 Å². The molecule has 0 fully saturated rings. The molecule has 0 N–H and O–H groups in total. The number of amides is 2. The quantitative estimate of drug-likeness (QED) is 0.682. The van der Waals surface area contributed by atoms with E-state index in [2.05, 4.69) is 4.18 Å². The summed E-state index contributed by atoms with van der Waals surface area (Å²) >= 11 is -1.25. The van der Waals surface area contributed by atoms with E-state index in [9.17, 15) is 9.00 Å². The normalized spacial score (nSPS) is 11.5. The van der Waals surface area contributed by atoms with Crippen molar-refractivity contribution in [1.29, 1.82) is 0 Å². The molecule has 1 unspecified atom stereocenters. The number of carbonyl (C=O) groups excluding carboxylic acids is 1. The topological polar surface area (TPSA) is 53.1 Å². The largest absolute Gasteiger partial charge is 0.331 e. The maximum absolute atomic E-state index is 10.7. The standard InChI is InChI=1S/C5H12N2O.C3H9NO2S/c1-6(2)5(8)7(3)4;1-4(2)7(5)6-3/h1-4H3;1-3H3. The minimum atomic E-state index is -1.25. The average Bonchev–Trinajstić information content (AvgIpc) is 2.15. The Labute approximate surface area is 94.6 Å². The van der Waals surface area contributed by atoms with E-state index < -0.39 is 11.3 Å². The predicted octanol–water partition coefficient (Wildman–Crippen LogP) is 0.00270. The van der Waals surface area contributed by atoms with E-state index in [0.717, 1.165) is 0 Å². The zero-order valence-corrected chi connectivity index (χ0v) is 11.3. The van der Waals surface area contributed by atoms with E-state index >= 15 is 0 Å². The fourth-order valence-corrected chi connectivity index (χ4v) is 0.847. The predicted molar refractivity (Wildman–Crippen MR) is 61.6 cm³/mol. The lowest BCUT2D eigenvalue weighted by Gasteiger charge is -2.16. The first kappa shape index (κ1) is 16.8. The molecule has 0 saturated carbocycles. The van der Waals surface area contributed by atoms with Gasteiger partial charge >= 0.3 is 6.03 Å². The lowest BCUT2D eigenvalue weighted by Crippen LogP contribution is -2.33. The van der Waals surface area contributed by atoms with Crippen LogP contribution in [-0.4, -0.2) is 73.7 Å². The molecule has 0 radical (unpaired) electrons. The summed E-state index contributed by atoms with van der Waals surface area (Å²) in [5, 5.41) is 0. The summed E-state index contributed by atoms with van der Waals surface area (Å²) in [4.78, 5) is 13.8. The highest BCUT2D eigenvalue weighted by Crippen LogP contribution is 1.83. The summed E-state index contributed by atoms with van der Waals surface area (Å²) in [5.41, 5.74) is 0. The molecule has 0 aromatic heterocycles. The van der Waals surface area contributed by atoms with E-state index in [1.165, 1.54) is 21.2 Å². The zero-order valence-electron chi connectivity index (χ0n) is 10.5. The number of urea groups is 1. The SMILES string of the molecule is CN(C)C(=O)N(C)C.COS(=O)N(C)C. The molecule has 0 aromatic rings. The lowest BCUT2D eigenvalue weighted by atomic mass is 10.7. The summed E-state index contributed by atoms with van der Waals surface area (Å²) in [6, 6.07) is 0.0185. The first-order valence-corrected chi connectivity index (χ1v) is 5.29. The number of hydrogen-bond acceptors (Lipinski definition) is 3. The molecule has 0 aromatic carbocycles. The van der Waals surface area contributed by atoms with E-state index in [1.54, 1.807) is 42.3 Å². The number of hydrogen-bond donors (Lipinski definition) is 0. The van der Waals surface area contributed by atoms with Crippen LogP contribution in [0.1, 0.15) is 0 Å². The minimum Gasteiger partial charge on any atom is -0.331 e. The Hall–Kier alpha value is -0.660. The van der Waals surface area contributed by atoms with Crippen molar-refractivity contribution in [2.75, 3.05) is 49.4 Å². The Balaban J connectivity index is 0. The van der Waals surface area contributed by atoms with Gasteiger partial charge in [-0.15, -0.1) is 0 Å². The maximum Gasteiger partial charge on any atom is 0.318 e. The maximum atomic E-state index is 10.7. The fourth-order valence-electron chi connectivity index (χ4n) is 0.549. The molecule has 0 saturated heterocycles. The molecular formula is C8H21N3O3S. The fraction of sp³-hybridized carbons (Fsp3) is 0.875. The third kappa shape index (κ3) is 9.64. The van der Waals surface area contributed by atoms with Crippen LogP contribution in [0.4, 0.5) is 4.79 Å². The van der Waals surface area contributed by atoms with Crippen LogP contribution in [0.5, 0.6) is 0 Å². The smallest absolute Gasteiger partial charge is 0.318 e. The molecule has 2 amide bonds.